The predicted octanol–water partition coefficient (Wildman–Crippen LogP) is 3.38. The van der Waals surface area contributed by atoms with Gasteiger partial charge in [-0.2, -0.15) is 0 Å². The summed E-state index contributed by atoms with van der Waals surface area (Å²) in [6, 6.07) is 6.90. The van der Waals surface area contributed by atoms with Gasteiger partial charge in [0.25, 0.3) is 0 Å². The van der Waals surface area contributed by atoms with Gasteiger partial charge in [-0.3, -0.25) is 0 Å². The normalized spacial score (nSPS) is 10.5. The van der Waals surface area contributed by atoms with Crippen LogP contribution in [0.15, 0.2) is 24.3 Å². The summed E-state index contributed by atoms with van der Waals surface area (Å²) in [5.74, 6) is -0.907. The zero-order valence-corrected chi connectivity index (χ0v) is 10.5. The van der Waals surface area contributed by atoms with Gasteiger partial charge in [0.05, 0.1) is 11.3 Å². The molecule has 0 saturated heterocycles. The fourth-order valence-corrected chi connectivity index (χ4v) is 2.66. The van der Waals surface area contributed by atoms with Crippen molar-refractivity contribution >= 4 is 17.3 Å². The van der Waals surface area contributed by atoms with Crippen molar-refractivity contribution in [2.75, 3.05) is 0 Å². The number of thiazole rings is 1. The molecule has 0 unspecified atom stereocenters. The van der Waals surface area contributed by atoms with Gasteiger partial charge in [0, 0.05) is 10.4 Å². The van der Waals surface area contributed by atoms with Crippen LogP contribution in [0.4, 0.5) is 0 Å². The van der Waals surface area contributed by atoms with Crippen molar-refractivity contribution in [3.8, 4) is 10.6 Å². The Morgan fingerprint density at radius 2 is 2.24 bits per heavy atom. The lowest BCUT2D eigenvalue weighted by atomic mass is 10.1. The van der Waals surface area contributed by atoms with Crippen LogP contribution in [0.5, 0.6) is 0 Å². The number of carboxylic acid groups (broad SMARTS) is 1. The number of aryl methyl sites for hydroxylation is 2. The van der Waals surface area contributed by atoms with Gasteiger partial charge >= 0.3 is 5.97 Å². The molecule has 1 aromatic carbocycles. The number of benzene rings is 1. The van der Waals surface area contributed by atoms with Gasteiger partial charge in [-0.05, 0) is 25.5 Å². The first-order chi connectivity index (χ1) is 8.11. The summed E-state index contributed by atoms with van der Waals surface area (Å²) in [4.78, 5) is 16.6. The molecule has 0 aliphatic heterocycles. The van der Waals surface area contributed by atoms with Crippen molar-refractivity contribution in [3.05, 3.63) is 40.4 Å². The standard InChI is InChI=1S/C13H13NO2S/c1-3-11-8(2)17-12(14-11)9-5-4-6-10(7-9)13(15)16/h4-7H,3H2,1-2H3,(H,15,16). The van der Waals surface area contributed by atoms with E-state index in [2.05, 4.69) is 11.9 Å². The van der Waals surface area contributed by atoms with Gasteiger partial charge < -0.3 is 5.11 Å². The van der Waals surface area contributed by atoms with E-state index in [-0.39, 0.29) is 0 Å². The molecule has 1 heterocycles. The highest BCUT2D eigenvalue weighted by atomic mass is 32.1. The monoisotopic (exact) mass is 247 g/mol. The largest absolute Gasteiger partial charge is 0.478 e. The van der Waals surface area contributed by atoms with E-state index in [0.717, 1.165) is 22.7 Å². The maximum Gasteiger partial charge on any atom is 0.335 e. The Bertz CT molecular complexity index is 560. The number of hydrogen-bond acceptors (Lipinski definition) is 3. The van der Waals surface area contributed by atoms with E-state index < -0.39 is 5.97 Å². The highest BCUT2D eigenvalue weighted by Gasteiger charge is 2.10. The van der Waals surface area contributed by atoms with Gasteiger partial charge in [0.1, 0.15) is 5.01 Å². The van der Waals surface area contributed by atoms with Crippen molar-refractivity contribution < 1.29 is 9.90 Å². The molecule has 1 N–H and O–H groups in total. The molecular formula is C13H13NO2S. The van der Waals surface area contributed by atoms with Crippen LogP contribution >= 0.6 is 11.3 Å². The molecule has 0 spiro atoms. The molecule has 3 nitrogen and oxygen atoms in total. The summed E-state index contributed by atoms with van der Waals surface area (Å²) in [6.07, 6.45) is 0.904. The van der Waals surface area contributed by atoms with Crippen LogP contribution in [0.1, 0.15) is 27.9 Å². The molecule has 0 bridgehead atoms. The Morgan fingerprint density at radius 3 is 2.82 bits per heavy atom. The van der Waals surface area contributed by atoms with Gasteiger partial charge in [-0.25, -0.2) is 9.78 Å². The molecular weight excluding hydrogens is 234 g/mol. The predicted molar refractivity (Wildman–Crippen MR) is 68.6 cm³/mol. The fraction of sp³-hybridized carbons (Fsp3) is 0.231. The quantitative estimate of drug-likeness (QED) is 0.904. The third-order valence-corrected chi connectivity index (χ3v) is 3.65. The Morgan fingerprint density at radius 1 is 1.47 bits per heavy atom. The van der Waals surface area contributed by atoms with Gasteiger partial charge in [0.15, 0.2) is 0 Å². The number of carbonyl (C=O) groups is 1. The molecule has 0 aliphatic carbocycles. The Kier molecular flexibility index (Phi) is 3.24. The molecule has 1 aromatic heterocycles. The average molecular weight is 247 g/mol. The van der Waals surface area contributed by atoms with Crippen molar-refractivity contribution in [2.24, 2.45) is 0 Å². The summed E-state index contributed by atoms with van der Waals surface area (Å²) in [5, 5.41) is 9.84. The third-order valence-electron chi connectivity index (χ3n) is 2.58. The highest BCUT2D eigenvalue weighted by molar-refractivity contribution is 7.15. The maximum atomic E-state index is 10.9. The second-order valence-corrected chi connectivity index (χ2v) is 4.96. The molecule has 0 aliphatic rings. The van der Waals surface area contributed by atoms with E-state index in [9.17, 15) is 4.79 Å². The second-order valence-electron chi connectivity index (χ2n) is 3.76. The molecule has 17 heavy (non-hydrogen) atoms. The topological polar surface area (TPSA) is 50.2 Å². The molecule has 0 atom stereocenters. The van der Waals surface area contributed by atoms with Crippen molar-refractivity contribution in [2.45, 2.75) is 20.3 Å². The van der Waals surface area contributed by atoms with Crippen molar-refractivity contribution in [1.82, 2.24) is 4.98 Å². The lowest BCUT2D eigenvalue weighted by molar-refractivity contribution is 0.0697. The first-order valence-electron chi connectivity index (χ1n) is 5.42. The molecule has 0 radical (unpaired) electrons. The van der Waals surface area contributed by atoms with E-state index >= 15 is 0 Å². The molecule has 2 aromatic rings. The van der Waals surface area contributed by atoms with Crippen LogP contribution in [0.2, 0.25) is 0 Å². The second kappa shape index (κ2) is 4.67. The highest BCUT2D eigenvalue weighted by Crippen LogP contribution is 2.28. The Labute approximate surface area is 104 Å². The minimum atomic E-state index is -0.907. The molecule has 0 saturated carbocycles. The van der Waals surface area contributed by atoms with Crippen LogP contribution < -0.4 is 0 Å². The van der Waals surface area contributed by atoms with Crippen LogP contribution in [0, 0.1) is 6.92 Å². The number of aromatic carboxylic acids is 1. The summed E-state index contributed by atoms with van der Waals surface area (Å²) in [7, 11) is 0. The van der Waals surface area contributed by atoms with Crippen molar-refractivity contribution in [1.29, 1.82) is 0 Å². The van der Waals surface area contributed by atoms with Gasteiger partial charge in [-0.1, -0.05) is 19.1 Å². The summed E-state index contributed by atoms with van der Waals surface area (Å²) in [5.41, 5.74) is 2.26. The van der Waals surface area contributed by atoms with Crippen LogP contribution in [0.25, 0.3) is 10.6 Å². The minimum absolute atomic E-state index is 0.299. The van der Waals surface area contributed by atoms with E-state index in [4.69, 9.17) is 5.11 Å². The number of nitrogens with zero attached hydrogens (tertiary/aromatic N) is 1. The zero-order valence-electron chi connectivity index (χ0n) is 9.73. The third kappa shape index (κ3) is 2.36. The van der Waals surface area contributed by atoms with E-state index in [0.29, 0.717) is 5.56 Å². The van der Waals surface area contributed by atoms with E-state index in [1.165, 1.54) is 4.88 Å². The molecule has 4 heteroatoms. The average Bonchev–Trinajstić information content (AvgIpc) is 2.71. The Hall–Kier alpha value is -1.68. The van der Waals surface area contributed by atoms with E-state index in [1.807, 2.05) is 13.0 Å². The fourth-order valence-electron chi connectivity index (χ4n) is 1.66. The molecule has 0 fully saturated rings. The minimum Gasteiger partial charge on any atom is -0.478 e. The lowest BCUT2D eigenvalue weighted by Gasteiger charge is -1.98. The molecule has 88 valence electrons. The van der Waals surface area contributed by atoms with Crippen LogP contribution in [-0.4, -0.2) is 16.1 Å². The van der Waals surface area contributed by atoms with E-state index in [1.54, 1.807) is 29.5 Å². The van der Waals surface area contributed by atoms with Crippen LogP contribution in [-0.2, 0) is 6.42 Å². The first-order valence-corrected chi connectivity index (χ1v) is 6.23. The summed E-state index contributed by atoms with van der Waals surface area (Å²) >= 11 is 1.61. The lowest BCUT2D eigenvalue weighted by Crippen LogP contribution is -1.95. The summed E-state index contributed by atoms with van der Waals surface area (Å²) in [6.45, 7) is 4.11. The smallest absolute Gasteiger partial charge is 0.335 e. The number of aromatic nitrogens is 1. The number of hydrogen-bond donors (Lipinski definition) is 1. The van der Waals surface area contributed by atoms with Crippen molar-refractivity contribution in [3.63, 3.8) is 0 Å². The maximum absolute atomic E-state index is 10.9. The van der Waals surface area contributed by atoms with Gasteiger partial charge in [0.2, 0.25) is 0 Å². The zero-order chi connectivity index (χ0) is 12.4. The Balaban J connectivity index is 2.45. The summed E-state index contributed by atoms with van der Waals surface area (Å²) < 4.78 is 0. The first kappa shape index (κ1) is 11.8. The molecule has 0 amide bonds. The molecule has 2 rings (SSSR count). The number of rotatable bonds is 3. The SMILES string of the molecule is CCc1nc(-c2cccc(C(=O)O)c2)sc1C. The number of carboxylic acids is 1. The van der Waals surface area contributed by atoms with Gasteiger partial charge in [-0.15, -0.1) is 11.3 Å². The van der Waals surface area contributed by atoms with Crippen LogP contribution in [0.3, 0.4) is 0 Å².